The SMILES string of the molecule is B1c2ccccc2Bc2ccccc21. The monoisotopic (exact) mass is 176 g/mol. The van der Waals surface area contributed by atoms with Gasteiger partial charge in [0.1, 0.15) is 0 Å². The van der Waals surface area contributed by atoms with Gasteiger partial charge in [-0.05, 0) is 0 Å². The molecule has 0 nitrogen and oxygen atoms in total. The van der Waals surface area contributed by atoms with Crippen LogP contribution in [0.25, 0.3) is 0 Å². The van der Waals surface area contributed by atoms with Crippen LogP contribution in [-0.4, -0.2) is 14.6 Å². The van der Waals surface area contributed by atoms with Crippen molar-refractivity contribution < 1.29 is 0 Å². The molecule has 0 amide bonds. The summed E-state index contributed by atoms with van der Waals surface area (Å²) >= 11 is 0. The van der Waals surface area contributed by atoms with E-state index in [0.29, 0.717) is 0 Å². The fourth-order valence-electron chi connectivity index (χ4n) is 2.22. The maximum Gasteiger partial charge on any atom is 0.190 e. The minimum Gasteiger partial charge on any atom is -0.0839 e. The average molecular weight is 176 g/mol. The molecule has 0 saturated carbocycles. The zero-order valence-electron chi connectivity index (χ0n) is 8.03. The normalized spacial score (nSPS) is 12.0. The van der Waals surface area contributed by atoms with Crippen LogP contribution in [-0.2, 0) is 0 Å². The fourth-order valence-corrected chi connectivity index (χ4v) is 2.22. The molecular formula is C12H10B2. The van der Waals surface area contributed by atoms with E-state index >= 15 is 0 Å². The van der Waals surface area contributed by atoms with E-state index in [0.717, 1.165) is 14.6 Å². The van der Waals surface area contributed by atoms with E-state index in [4.69, 9.17) is 0 Å². The lowest BCUT2D eigenvalue weighted by molar-refractivity contribution is 1.77. The second-order valence-electron chi connectivity index (χ2n) is 3.89. The Morgan fingerprint density at radius 1 is 0.500 bits per heavy atom. The number of rotatable bonds is 0. The van der Waals surface area contributed by atoms with Gasteiger partial charge in [0.05, 0.1) is 0 Å². The Morgan fingerprint density at radius 2 is 0.786 bits per heavy atom. The van der Waals surface area contributed by atoms with Crippen molar-refractivity contribution in [3.05, 3.63) is 48.5 Å². The topological polar surface area (TPSA) is 0 Å². The van der Waals surface area contributed by atoms with Crippen LogP contribution in [0.15, 0.2) is 48.5 Å². The molecule has 2 aromatic carbocycles. The van der Waals surface area contributed by atoms with Gasteiger partial charge in [0.25, 0.3) is 0 Å². The summed E-state index contributed by atoms with van der Waals surface area (Å²) in [7, 11) is 2.21. The summed E-state index contributed by atoms with van der Waals surface area (Å²) in [6.45, 7) is 0. The molecule has 0 fully saturated rings. The summed E-state index contributed by atoms with van der Waals surface area (Å²) < 4.78 is 0. The molecule has 0 bridgehead atoms. The van der Waals surface area contributed by atoms with Gasteiger partial charge in [0.15, 0.2) is 14.6 Å². The van der Waals surface area contributed by atoms with Crippen LogP contribution in [0.5, 0.6) is 0 Å². The fraction of sp³-hybridized carbons (Fsp3) is 0. The van der Waals surface area contributed by atoms with Crippen LogP contribution in [0, 0.1) is 0 Å². The summed E-state index contributed by atoms with van der Waals surface area (Å²) in [5, 5.41) is 0. The zero-order valence-corrected chi connectivity index (χ0v) is 8.03. The van der Waals surface area contributed by atoms with Crippen LogP contribution in [0.4, 0.5) is 0 Å². The third-order valence-electron chi connectivity index (χ3n) is 3.00. The lowest BCUT2D eigenvalue weighted by atomic mass is 9.44. The molecule has 1 aliphatic heterocycles. The Bertz CT molecular complexity index is 390. The van der Waals surface area contributed by atoms with Crippen molar-refractivity contribution >= 4 is 36.4 Å². The van der Waals surface area contributed by atoms with Crippen molar-refractivity contribution in [3.63, 3.8) is 0 Å². The van der Waals surface area contributed by atoms with Crippen molar-refractivity contribution in [1.82, 2.24) is 0 Å². The maximum atomic E-state index is 2.24. The maximum absolute atomic E-state index is 2.24. The first-order chi connectivity index (χ1) is 6.93. The van der Waals surface area contributed by atoms with E-state index in [-0.39, 0.29) is 0 Å². The summed E-state index contributed by atoms with van der Waals surface area (Å²) in [6, 6.07) is 17.5. The molecule has 0 radical (unpaired) electrons. The molecular weight excluding hydrogens is 166 g/mol. The predicted octanol–water partition coefficient (Wildman–Crippen LogP) is -1.23. The smallest absolute Gasteiger partial charge is 0.0839 e. The van der Waals surface area contributed by atoms with Gasteiger partial charge < -0.3 is 0 Å². The molecule has 0 N–H and O–H groups in total. The van der Waals surface area contributed by atoms with E-state index in [1.807, 2.05) is 0 Å². The Hall–Kier alpha value is -1.43. The molecule has 2 heteroatoms. The quantitative estimate of drug-likeness (QED) is 0.376. The Labute approximate surface area is 85.5 Å². The zero-order chi connectivity index (χ0) is 9.38. The van der Waals surface area contributed by atoms with Crippen LogP contribution in [0.3, 0.4) is 0 Å². The molecule has 2 aromatic rings. The van der Waals surface area contributed by atoms with E-state index in [9.17, 15) is 0 Å². The first-order valence-electron chi connectivity index (χ1n) is 5.07. The third-order valence-corrected chi connectivity index (χ3v) is 3.00. The van der Waals surface area contributed by atoms with Crippen LogP contribution in [0.2, 0.25) is 0 Å². The lowest BCUT2D eigenvalue weighted by Gasteiger charge is -2.17. The van der Waals surface area contributed by atoms with E-state index in [1.165, 1.54) is 21.9 Å². The molecule has 0 unspecified atom stereocenters. The molecule has 3 rings (SSSR count). The van der Waals surface area contributed by atoms with Crippen molar-refractivity contribution in [2.24, 2.45) is 0 Å². The highest BCUT2D eigenvalue weighted by Gasteiger charge is 2.15. The molecule has 14 heavy (non-hydrogen) atoms. The molecule has 1 aliphatic rings. The Kier molecular flexibility index (Phi) is 1.73. The highest BCUT2D eigenvalue weighted by atomic mass is 14.0. The summed E-state index contributed by atoms with van der Waals surface area (Å²) in [6.07, 6.45) is 0. The summed E-state index contributed by atoms with van der Waals surface area (Å²) in [5.41, 5.74) is 5.97. The van der Waals surface area contributed by atoms with Crippen molar-refractivity contribution in [2.75, 3.05) is 0 Å². The largest absolute Gasteiger partial charge is 0.190 e. The van der Waals surface area contributed by atoms with E-state index in [1.54, 1.807) is 0 Å². The molecule has 0 saturated heterocycles. The first kappa shape index (κ1) is 7.93. The molecule has 0 aliphatic carbocycles. The van der Waals surface area contributed by atoms with Gasteiger partial charge in [-0.2, -0.15) is 0 Å². The third kappa shape index (κ3) is 1.19. The van der Waals surface area contributed by atoms with E-state index in [2.05, 4.69) is 48.5 Å². The number of hydrogen-bond donors (Lipinski definition) is 0. The Morgan fingerprint density at radius 3 is 1.07 bits per heavy atom. The minimum atomic E-state index is 1.10. The Balaban J connectivity index is 2.12. The van der Waals surface area contributed by atoms with Crippen molar-refractivity contribution in [2.45, 2.75) is 0 Å². The highest BCUT2D eigenvalue weighted by Crippen LogP contribution is 1.87. The van der Waals surface area contributed by atoms with E-state index < -0.39 is 0 Å². The van der Waals surface area contributed by atoms with Gasteiger partial charge in [-0.25, -0.2) is 0 Å². The summed E-state index contributed by atoms with van der Waals surface area (Å²) in [4.78, 5) is 0. The highest BCUT2D eigenvalue weighted by molar-refractivity contribution is 6.87. The summed E-state index contributed by atoms with van der Waals surface area (Å²) in [5.74, 6) is 0. The van der Waals surface area contributed by atoms with Gasteiger partial charge in [-0.15, -0.1) is 0 Å². The standard InChI is InChI=1S/C12H10B2/c1-2-6-10-9(5-1)13-11-7-3-4-8-12(11)14-10/h1-8,13-14H. The second-order valence-corrected chi connectivity index (χ2v) is 3.89. The minimum absolute atomic E-state index is 1.10. The second kappa shape index (κ2) is 3.05. The van der Waals surface area contributed by atoms with Crippen LogP contribution in [0.1, 0.15) is 0 Å². The molecule has 64 valence electrons. The lowest BCUT2D eigenvalue weighted by Crippen LogP contribution is -2.56. The van der Waals surface area contributed by atoms with Gasteiger partial charge in [-0.1, -0.05) is 70.4 Å². The molecule has 0 aromatic heterocycles. The molecule has 0 spiro atoms. The van der Waals surface area contributed by atoms with Crippen molar-refractivity contribution in [3.8, 4) is 0 Å². The van der Waals surface area contributed by atoms with Gasteiger partial charge in [-0.3, -0.25) is 0 Å². The van der Waals surface area contributed by atoms with Gasteiger partial charge in [0.2, 0.25) is 0 Å². The predicted molar refractivity (Wildman–Crippen MR) is 65.7 cm³/mol. The van der Waals surface area contributed by atoms with Crippen LogP contribution < -0.4 is 21.9 Å². The van der Waals surface area contributed by atoms with Gasteiger partial charge in [0, 0.05) is 0 Å². The average Bonchev–Trinajstić information content (AvgIpc) is 2.26. The van der Waals surface area contributed by atoms with Crippen molar-refractivity contribution in [1.29, 1.82) is 0 Å². The number of benzene rings is 2. The number of fused-ring (bicyclic) bond motifs is 2. The van der Waals surface area contributed by atoms with Crippen LogP contribution >= 0.6 is 0 Å². The molecule has 1 heterocycles. The molecule has 0 atom stereocenters. The number of hydrogen-bond acceptors (Lipinski definition) is 0. The first-order valence-corrected chi connectivity index (χ1v) is 5.07. The van der Waals surface area contributed by atoms with Gasteiger partial charge >= 0.3 is 0 Å².